The Kier molecular flexibility index (Phi) is 10.6. The van der Waals surface area contributed by atoms with Gasteiger partial charge in [-0.15, -0.1) is 23.8 Å². The van der Waals surface area contributed by atoms with E-state index >= 15 is 0 Å². The van der Waals surface area contributed by atoms with Crippen molar-refractivity contribution in [2.24, 2.45) is 0 Å². The van der Waals surface area contributed by atoms with Gasteiger partial charge in [0.05, 0.1) is 22.9 Å². The van der Waals surface area contributed by atoms with Crippen molar-refractivity contribution >= 4 is 28.0 Å². The van der Waals surface area contributed by atoms with Crippen LogP contribution in [0.4, 0.5) is 17.2 Å². The molecule has 6 heteroatoms. The van der Waals surface area contributed by atoms with E-state index in [-0.39, 0.29) is 26.8 Å². The second-order valence-corrected chi connectivity index (χ2v) is 13.9. The van der Waals surface area contributed by atoms with Gasteiger partial charge in [-0.1, -0.05) is 133 Å². The van der Waals surface area contributed by atoms with Crippen molar-refractivity contribution < 1.29 is 26.2 Å². The molecule has 7 aromatic carbocycles. The Labute approximate surface area is 347 Å². The molecule has 1 N–H and O–H groups in total. The Morgan fingerprint density at radius 1 is 0.544 bits per heavy atom. The summed E-state index contributed by atoms with van der Waals surface area (Å²) in [5.41, 5.74) is 12.0. The van der Waals surface area contributed by atoms with E-state index in [1.807, 2.05) is 54.7 Å². The van der Waals surface area contributed by atoms with Crippen molar-refractivity contribution in [1.29, 1.82) is 0 Å². The van der Waals surface area contributed by atoms with Crippen molar-refractivity contribution in [2.75, 3.05) is 4.90 Å². The van der Waals surface area contributed by atoms with Crippen LogP contribution in [0.3, 0.4) is 0 Å². The van der Waals surface area contributed by atoms with Gasteiger partial charge in [0.2, 0.25) is 0 Å². The number of phenolic OH excluding ortho intramolecular Hbond substituents is 1. The molecule has 5 nitrogen and oxygen atoms in total. The molecule has 9 rings (SSSR count). The summed E-state index contributed by atoms with van der Waals surface area (Å²) in [6.07, 6.45) is 1.82. The summed E-state index contributed by atoms with van der Waals surface area (Å²) in [6.45, 7) is 4.20. The average Bonchev–Trinajstić information content (AvgIpc) is 3.24. The number of aromatic nitrogens is 3. The van der Waals surface area contributed by atoms with E-state index in [2.05, 4.69) is 146 Å². The Bertz CT molecular complexity index is 2820. The normalized spacial score (nSPS) is 10.9. The fourth-order valence-corrected chi connectivity index (χ4v) is 7.46. The van der Waals surface area contributed by atoms with Crippen LogP contribution in [0.15, 0.2) is 182 Å². The maximum absolute atomic E-state index is 11.1. The van der Waals surface area contributed by atoms with Gasteiger partial charge in [0.15, 0.2) is 0 Å². The molecule has 0 fully saturated rings. The molecule has 278 valence electrons. The van der Waals surface area contributed by atoms with E-state index in [4.69, 9.17) is 15.0 Å². The zero-order valence-electron chi connectivity index (χ0n) is 31.4. The molecule has 2 aromatic heterocycles. The van der Waals surface area contributed by atoms with Gasteiger partial charge in [-0.25, -0.2) is 4.98 Å². The Morgan fingerprint density at radius 2 is 1.18 bits per heavy atom. The number of aromatic hydroxyl groups is 1. The smallest absolute Gasteiger partial charge is 0.136 e. The maximum atomic E-state index is 11.1. The molecule has 0 atom stereocenters. The first-order valence-corrected chi connectivity index (χ1v) is 18.7. The molecule has 57 heavy (non-hydrogen) atoms. The summed E-state index contributed by atoms with van der Waals surface area (Å²) in [4.78, 5) is 17.5. The van der Waals surface area contributed by atoms with Crippen molar-refractivity contribution in [3.05, 3.63) is 199 Å². The second-order valence-electron chi connectivity index (χ2n) is 13.9. The van der Waals surface area contributed by atoms with Gasteiger partial charge in [-0.05, 0) is 89.1 Å². The molecular formula is C51H37N4OPt-. The van der Waals surface area contributed by atoms with Crippen LogP contribution in [0.1, 0.15) is 11.1 Å². The standard InChI is InChI=1S/C51H37N4O.Pt/c1-34-14-12-15-35(2)50(34)46-33-45(44-21-8-9-23-48(44)56)53-51(54-46)41-30-40(38-27-25-37(26-28-38)36-16-4-3-5-17-36)31-42(32-41)55(49-24-10-11-29-52-49)47-22-13-19-39-18-6-7-20-43(39)47;/h3-31,33,56H,1-2H3;/q-1;. The number of hydrogen-bond acceptors (Lipinski definition) is 5. The summed E-state index contributed by atoms with van der Waals surface area (Å²) < 4.78 is 0. The van der Waals surface area contributed by atoms with Gasteiger partial charge >= 0.3 is 0 Å². The molecule has 0 unspecified atom stereocenters. The minimum absolute atomic E-state index is 0. The van der Waals surface area contributed by atoms with Gasteiger partial charge in [0.25, 0.3) is 0 Å². The Hall–Kier alpha value is -6.68. The van der Waals surface area contributed by atoms with Crippen LogP contribution in [0.5, 0.6) is 5.75 Å². The molecule has 0 saturated carbocycles. The number of nitrogens with zero attached hydrogens (tertiary/aromatic N) is 4. The molecule has 0 radical (unpaired) electrons. The third-order valence-corrected chi connectivity index (χ3v) is 10.2. The molecule has 0 spiro atoms. The van der Waals surface area contributed by atoms with Gasteiger partial charge in [0.1, 0.15) is 11.6 Å². The Morgan fingerprint density at radius 3 is 1.93 bits per heavy atom. The largest absolute Gasteiger partial charge is 0.507 e. The van der Waals surface area contributed by atoms with Crippen LogP contribution in [0.25, 0.3) is 66.9 Å². The summed E-state index contributed by atoms with van der Waals surface area (Å²) in [7, 11) is 0. The van der Waals surface area contributed by atoms with Crippen LogP contribution in [-0.2, 0) is 21.1 Å². The predicted octanol–water partition coefficient (Wildman–Crippen LogP) is 12.9. The number of benzene rings is 7. The molecule has 0 bridgehead atoms. The summed E-state index contributed by atoms with van der Waals surface area (Å²) in [6, 6.07) is 63.3. The van der Waals surface area contributed by atoms with Crippen LogP contribution < -0.4 is 4.90 Å². The summed E-state index contributed by atoms with van der Waals surface area (Å²) >= 11 is 0. The minimum atomic E-state index is 0. The molecule has 0 aliphatic heterocycles. The number of hydrogen-bond donors (Lipinski definition) is 1. The van der Waals surface area contributed by atoms with Crippen LogP contribution in [0.2, 0.25) is 0 Å². The molecule has 0 amide bonds. The van der Waals surface area contributed by atoms with Crippen molar-refractivity contribution in [3.63, 3.8) is 0 Å². The van der Waals surface area contributed by atoms with Crippen molar-refractivity contribution in [1.82, 2.24) is 15.0 Å². The van der Waals surface area contributed by atoms with Crippen LogP contribution in [-0.4, -0.2) is 20.1 Å². The molecule has 0 aliphatic carbocycles. The molecule has 0 saturated heterocycles. The van der Waals surface area contributed by atoms with E-state index < -0.39 is 0 Å². The van der Waals surface area contributed by atoms with Gasteiger partial charge < -0.3 is 10.0 Å². The number of aryl methyl sites for hydroxylation is 2. The number of phenols is 1. The zero-order valence-corrected chi connectivity index (χ0v) is 33.6. The van der Waals surface area contributed by atoms with Gasteiger partial charge in [-0.3, -0.25) is 9.97 Å². The van der Waals surface area contributed by atoms with Crippen molar-refractivity contribution in [2.45, 2.75) is 13.8 Å². The van der Waals surface area contributed by atoms with E-state index in [9.17, 15) is 5.11 Å². The topological polar surface area (TPSA) is 62.1 Å². The van der Waals surface area contributed by atoms with Crippen LogP contribution in [0, 0.1) is 19.9 Å². The number of fused-ring (bicyclic) bond motifs is 1. The summed E-state index contributed by atoms with van der Waals surface area (Å²) in [5.74, 6) is 1.40. The molecule has 9 aromatic rings. The summed E-state index contributed by atoms with van der Waals surface area (Å²) in [5, 5.41) is 13.3. The maximum Gasteiger partial charge on any atom is 0.136 e. The van der Waals surface area contributed by atoms with Gasteiger partial charge in [-0.2, -0.15) is 0 Å². The van der Waals surface area contributed by atoms with E-state index in [1.54, 1.807) is 6.07 Å². The van der Waals surface area contributed by atoms with E-state index in [1.165, 1.54) is 0 Å². The first-order chi connectivity index (χ1) is 27.5. The minimum Gasteiger partial charge on any atom is -0.507 e. The Balaban J connectivity index is 0.00000455. The fraction of sp³-hybridized carbons (Fsp3) is 0.0392. The zero-order chi connectivity index (χ0) is 38.0. The van der Waals surface area contributed by atoms with Crippen LogP contribution >= 0.6 is 0 Å². The number of pyridine rings is 1. The third kappa shape index (κ3) is 7.50. The van der Waals surface area contributed by atoms with Crippen molar-refractivity contribution in [3.8, 4) is 61.9 Å². The van der Waals surface area contributed by atoms with E-state index in [0.29, 0.717) is 22.6 Å². The first-order valence-electron chi connectivity index (χ1n) is 18.7. The molecular weight excluding hydrogens is 880 g/mol. The first kappa shape index (κ1) is 37.3. The molecule has 0 aliphatic rings. The monoisotopic (exact) mass is 916 g/mol. The SMILES string of the molecule is Cc1cccc(C)c1-c1cc(-c2ccccc2O)nc(-c2[c-]c(N(c3ccccn3)c3cccc4ccccc34)cc(-c3ccc(-c4ccccc4)cc3)c2)n1.[Pt]. The number of anilines is 3. The second kappa shape index (κ2) is 16.2. The van der Waals surface area contributed by atoms with E-state index in [0.717, 1.165) is 72.6 Å². The third-order valence-electron chi connectivity index (χ3n) is 10.2. The number of para-hydroxylation sites is 1. The number of rotatable bonds is 8. The molecule has 2 heterocycles. The predicted molar refractivity (Wildman–Crippen MR) is 229 cm³/mol. The fourth-order valence-electron chi connectivity index (χ4n) is 7.46. The quantitative estimate of drug-likeness (QED) is 0.154. The average molecular weight is 917 g/mol. The van der Waals surface area contributed by atoms with Gasteiger partial charge in [0, 0.05) is 43.8 Å².